The van der Waals surface area contributed by atoms with Gasteiger partial charge in [-0.25, -0.2) is 9.78 Å². The molecule has 5 nitrogen and oxygen atoms in total. The Bertz CT molecular complexity index is 723. The van der Waals surface area contributed by atoms with Crippen molar-refractivity contribution in [3.8, 4) is 0 Å². The fraction of sp³-hybridized carbons (Fsp3) is 0.267. The lowest BCUT2D eigenvalue weighted by atomic mass is 9.94. The van der Waals surface area contributed by atoms with Crippen molar-refractivity contribution >= 4 is 23.2 Å². The highest BCUT2D eigenvalue weighted by Crippen LogP contribution is 2.24. The molecular formula is C15H14N2O3S. The van der Waals surface area contributed by atoms with Crippen LogP contribution in [0.1, 0.15) is 37.0 Å². The summed E-state index contributed by atoms with van der Waals surface area (Å²) in [5.74, 6) is -1.01. The minimum Gasteiger partial charge on any atom is -0.478 e. The number of hydrogen-bond acceptors (Lipinski definition) is 4. The maximum atomic E-state index is 12.4. The highest BCUT2D eigenvalue weighted by molar-refractivity contribution is 7.09. The van der Waals surface area contributed by atoms with Crippen LogP contribution in [0.15, 0.2) is 23.6 Å². The number of carboxylic acids is 1. The first-order chi connectivity index (χ1) is 10.1. The number of fused-ring (bicyclic) bond motifs is 1. The molecule has 6 heteroatoms. The third kappa shape index (κ3) is 2.54. The van der Waals surface area contributed by atoms with E-state index in [1.807, 2.05) is 13.0 Å². The van der Waals surface area contributed by atoms with Gasteiger partial charge < -0.3 is 10.0 Å². The summed E-state index contributed by atoms with van der Waals surface area (Å²) in [6.07, 6.45) is 0.562. The molecule has 0 spiro atoms. The average Bonchev–Trinajstić information content (AvgIpc) is 2.91. The molecule has 1 aromatic heterocycles. The van der Waals surface area contributed by atoms with E-state index in [0.717, 1.165) is 16.1 Å². The number of nitrogens with zero attached hydrogens (tertiary/aromatic N) is 2. The molecule has 2 aromatic rings. The van der Waals surface area contributed by atoms with Gasteiger partial charge in [0, 0.05) is 18.5 Å². The highest BCUT2D eigenvalue weighted by Gasteiger charge is 2.25. The van der Waals surface area contributed by atoms with Crippen LogP contribution >= 0.6 is 11.3 Å². The van der Waals surface area contributed by atoms with Gasteiger partial charge >= 0.3 is 5.97 Å². The number of thiazole rings is 1. The van der Waals surface area contributed by atoms with Gasteiger partial charge in [-0.2, -0.15) is 0 Å². The molecule has 2 heterocycles. The monoisotopic (exact) mass is 302 g/mol. The topological polar surface area (TPSA) is 70.5 Å². The van der Waals surface area contributed by atoms with Gasteiger partial charge in [-0.05, 0) is 30.5 Å². The van der Waals surface area contributed by atoms with Crippen LogP contribution in [0.4, 0.5) is 0 Å². The summed E-state index contributed by atoms with van der Waals surface area (Å²) < 4.78 is 0. The van der Waals surface area contributed by atoms with E-state index in [2.05, 4.69) is 4.98 Å². The van der Waals surface area contributed by atoms with Gasteiger partial charge in [-0.1, -0.05) is 12.1 Å². The molecule has 0 radical (unpaired) electrons. The lowest BCUT2D eigenvalue weighted by Gasteiger charge is -2.29. The van der Waals surface area contributed by atoms with E-state index in [0.29, 0.717) is 30.8 Å². The Balaban J connectivity index is 1.86. The molecule has 1 N–H and O–H groups in total. The number of rotatable bonds is 2. The van der Waals surface area contributed by atoms with Crippen molar-refractivity contribution in [2.45, 2.75) is 19.9 Å². The largest absolute Gasteiger partial charge is 0.478 e. The zero-order valence-corrected chi connectivity index (χ0v) is 12.3. The van der Waals surface area contributed by atoms with Crippen molar-refractivity contribution in [3.05, 3.63) is 51.0 Å². The van der Waals surface area contributed by atoms with Crippen LogP contribution in [-0.4, -0.2) is 33.4 Å². The number of carboxylic acid groups (broad SMARTS) is 1. The molecule has 21 heavy (non-hydrogen) atoms. The zero-order valence-electron chi connectivity index (χ0n) is 11.5. The molecule has 0 fully saturated rings. The number of hydrogen-bond donors (Lipinski definition) is 1. The number of carbonyl (C=O) groups is 2. The fourth-order valence-electron chi connectivity index (χ4n) is 2.61. The first-order valence-corrected chi connectivity index (χ1v) is 7.49. The minimum atomic E-state index is -0.915. The van der Waals surface area contributed by atoms with Gasteiger partial charge in [0.25, 0.3) is 5.91 Å². The summed E-state index contributed by atoms with van der Waals surface area (Å²) in [7, 11) is 0. The SMILES string of the molecule is Cc1nc(C(=O)N2CCc3c(cccc3C(=O)O)C2)cs1. The second-order valence-corrected chi connectivity index (χ2v) is 6.04. The van der Waals surface area contributed by atoms with Gasteiger partial charge in [0.1, 0.15) is 5.69 Å². The standard InChI is InChI=1S/C15H14N2O3S/c1-9-16-13(8-21-9)14(18)17-6-5-11-10(7-17)3-2-4-12(11)15(19)20/h2-4,8H,5-7H2,1H3,(H,19,20). The summed E-state index contributed by atoms with van der Waals surface area (Å²) in [5.41, 5.74) is 2.55. The molecule has 0 saturated heterocycles. The quantitative estimate of drug-likeness (QED) is 0.924. The van der Waals surface area contributed by atoms with E-state index in [9.17, 15) is 14.7 Å². The van der Waals surface area contributed by atoms with E-state index in [4.69, 9.17) is 0 Å². The summed E-state index contributed by atoms with van der Waals surface area (Å²) in [6.45, 7) is 2.82. The second-order valence-electron chi connectivity index (χ2n) is 4.98. The number of carbonyl (C=O) groups excluding carboxylic acids is 1. The molecular weight excluding hydrogens is 288 g/mol. The van der Waals surface area contributed by atoms with Crippen LogP contribution in [0.2, 0.25) is 0 Å². The molecule has 0 unspecified atom stereocenters. The van der Waals surface area contributed by atoms with Gasteiger partial charge in [-0.3, -0.25) is 4.79 Å². The van der Waals surface area contributed by atoms with Gasteiger partial charge in [0.05, 0.1) is 10.6 Å². The molecule has 0 saturated carbocycles. The lowest BCUT2D eigenvalue weighted by molar-refractivity contribution is 0.0694. The Kier molecular flexibility index (Phi) is 3.47. The summed E-state index contributed by atoms with van der Waals surface area (Å²) in [5, 5.41) is 11.8. The Labute approximate surface area is 125 Å². The third-order valence-electron chi connectivity index (χ3n) is 3.62. The predicted molar refractivity (Wildman–Crippen MR) is 78.7 cm³/mol. The first kappa shape index (κ1) is 13.8. The molecule has 1 aromatic carbocycles. The molecule has 0 atom stereocenters. The molecule has 1 amide bonds. The highest BCUT2D eigenvalue weighted by atomic mass is 32.1. The van der Waals surface area contributed by atoms with Gasteiger partial charge in [0.2, 0.25) is 0 Å². The van der Waals surface area contributed by atoms with Crippen molar-refractivity contribution in [2.75, 3.05) is 6.54 Å². The average molecular weight is 302 g/mol. The van der Waals surface area contributed by atoms with E-state index < -0.39 is 5.97 Å². The molecule has 108 valence electrons. The van der Waals surface area contributed by atoms with Crippen LogP contribution in [0.3, 0.4) is 0 Å². The predicted octanol–water partition coefficient (Wildman–Crippen LogP) is 2.35. The van der Waals surface area contributed by atoms with Crippen molar-refractivity contribution in [2.24, 2.45) is 0 Å². The maximum Gasteiger partial charge on any atom is 0.335 e. The smallest absolute Gasteiger partial charge is 0.335 e. The van der Waals surface area contributed by atoms with E-state index in [1.54, 1.807) is 22.4 Å². The molecule has 1 aliphatic rings. The van der Waals surface area contributed by atoms with Crippen LogP contribution in [-0.2, 0) is 13.0 Å². The number of aromatic carboxylic acids is 1. The molecule has 1 aliphatic heterocycles. The number of amides is 1. The van der Waals surface area contributed by atoms with E-state index in [-0.39, 0.29) is 5.91 Å². The normalized spacial score (nSPS) is 13.9. The third-order valence-corrected chi connectivity index (χ3v) is 4.40. The molecule has 3 rings (SSSR count). The number of aryl methyl sites for hydroxylation is 1. The Morgan fingerprint density at radius 1 is 1.38 bits per heavy atom. The Hall–Kier alpha value is -2.21. The van der Waals surface area contributed by atoms with Crippen molar-refractivity contribution in [3.63, 3.8) is 0 Å². The van der Waals surface area contributed by atoms with Crippen LogP contribution in [0, 0.1) is 6.92 Å². The summed E-state index contributed by atoms with van der Waals surface area (Å²) in [4.78, 5) is 29.6. The number of aromatic nitrogens is 1. The van der Waals surface area contributed by atoms with Crippen molar-refractivity contribution in [1.82, 2.24) is 9.88 Å². The lowest BCUT2D eigenvalue weighted by Crippen LogP contribution is -2.36. The van der Waals surface area contributed by atoms with Crippen molar-refractivity contribution < 1.29 is 14.7 Å². The Morgan fingerprint density at radius 2 is 2.19 bits per heavy atom. The number of benzene rings is 1. The molecule has 0 aliphatic carbocycles. The summed E-state index contributed by atoms with van der Waals surface area (Å²) >= 11 is 1.45. The van der Waals surface area contributed by atoms with Crippen molar-refractivity contribution in [1.29, 1.82) is 0 Å². The van der Waals surface area contributed by atoms with Gasteiger partial charge in [0.15, 0.2) is 0 Å². The van der Waals surface area contributed by atoms with Crippen LogP contribution in [0.5, 0.6) is 0 Å². The zero-order chi connectivity index (χ0) is 15.0. The summed E-state index contributed by atoms with van der Waals surface area (Å²) in [6, 6.07) is 5.22. The maximum absolute atomic E-state index is 12.4. The van der Waals surface area contributed by atoms with Crippen LogP contribution in [0.25, 0.3) is 0 Å². The minimum absolute atomic E-state index is 0.0919. The molecule has 0 bridgehead atoms. The Morgan fingerprint density at radius 3 is 2.86 bits per heavy atom. The van der Waals surface area contributed by atoms with Gasteiger partial charge in [-0.15, -0.1) is 11.3 Å². The first-order valence-electron chi connectivity index (χ1n) is 6.61. The van der Waals surface area contributed by atoms with E-state index in [1.165, 1.54) is 11.3 Å². The van der Waals surface area contributed by atoms with E-state index >= 15 is 0 Å². The van der Waals surface area contributed by atoms with Crippen LogP contribution < -0.4 is 0 Å². The fourth-order valence-corrected chi connectivity index (χ4v) is 3.19. The second kappa shape index (κ2) is 5.29.